The minimum Gasteiger partial charge on any atom is -0.347 e. The van der Waals surface area contributed by atoms with Gasteiger partial charge >= 0.3 is 0 Å². The molecule has 9 rings (SSSR count). The van der Waals surface area contributed by atoms with E-state index in [-0.39, 0.29) is 11.8 Å². The van der Waals surface area contributed by atoms with Crippen LogP contribution in [-0.2, 0) is 9.13 Å². The number of carbonyl (C=O) groups excluding carboxylic acids is 2. The second-order valence-corrected chi connectivity index (χ2v) is 20.8. The predicted molar refractivity (Wildman–Crippen MR) is 248 cm³/mol. The second-order valence-electron chi connectivity index (χ2n) is 15.4. The van der Waals surface area contributed by atoms with Gasteiger partial charge in [0.15, 0.2) is 14.3 Å². The van der Waals surface area contributed by atoms with E-state index in [9.17, 15) is 0 Å². The highest BCUT2D eigenvalue weighted by Crippen LogP contribution is 2.46. The minimum absolute atomic E-state index is 0.344. The maximum absolute atomic E-state index is 15.8. The Morgan fingerprint density at radius 2 is 0.683 bits per heavy atom. The van der Waals surface area contributed by atoms with E-state index in [1.807, 2.05) is 194 Å². The molecule has 60 heavy (non-hydrogen) atoms. The Balaban J connectivity index is 1.12. The van der Waals surface area contributed by atoms with Crippen molar-refractivity contribution in [3.8, 4) is 0 Å². The number of hydrogen-bond acceptors (Lipinski definition) is 4. The van der Waals surface area contributed by atoms with Crippen molar-refractivity contribution in [3.05, 3.63) is 205 Å². The first kappa shape index (κ1) is 39.2. The molecule has 2 unspecified atom stereocenters. The van der Waals surface area contributed by atoms with E-state index in [0.29, 0.717) is 66.6 Å². The Morgan fingerprint density at radius 1 is 0.383 bits per heavy atom. The molecule has 8 aromatic carbocycles. The van der Waals surface area contributed by atoms with E-state index in [1.54, 1.807) is 0 Å². The van der Waals surface area contributed by atoms with Crippen LogP contribution in [0.3, 0.4) is 0 Å². The molecule has 0 aromatic heterocycles. The molecule has 8 aromatic rings. The normalized spacial score (nSPS) is 15.7. The summed E-state index contributed by atoms with van der Waals surface area (Å²) in [6.45, 7) is 0. The lowest BCUT2D eigenvalue weighted by Gasteiger charge is -2.34. The topological polar surface area (TPSA) is 92.3 Å². The molecule has 2 atom stereocenters. The third-order valence-corrected chi connectivity index (χ3v) is 18.0. The summed E-state index contributed by atoms with van der Waals surface area (Å²) >= 11 is 0. The molecule has 2 N–H and O–H groups in total. The molecule has 1 fully saturated rings. The maximum Gasteiger partial charge on any atom is 0.252 e. The van der Waals surface area contributed by atoms with Gasteiger partial charge in [-0.1, -0.05) is 195 Å². The van der Waals surface area contributed by atoms with Gasteiger partial charge in [0.1, 0.15) is 0 Å². The van der Waals surface area contributed by atoms with Crippen LogP contribution in [-0.4, -0.2) is 23.9 Å². The van der Waals surface area contributed by atoms with Gasteiger partial charge in [-0.2, -0.15) is 0 Å². The fraction of sp³-hybridized carbons (Fsp3) is 0.115. The van der Waals surface area contributed by atoms with Crippen LogP contribution in [0, 0.1) is 0 Å². The minimum atomic E-state index is -3.56. The zero-order valence-corrected chi connectivity index (χ0v) is 34.8. The summed E-state index contributed by atoms with van der Waals surface area (Å²) in [6, 6.07) is 59.7. The molecule has 0 aliphatic heterocycles. The number of carbonyl (C=O) groups is 2. The highest BCUT2D eigenvalue weighted by atomic mass is 31.2. The molecule has 8 heteroatoms. The Kier molecular flexibility index (Phi) is 10.9. The monoisotopic (exact) mass is 822 g/mol. The van der Waals surface area contributed by atoms with Gasteiger partial charge in [0.25, 0.3) is 11.8 Å². The van der Waals surface area contributed by atoms with Crippen molar-refractivity contribution >= 4 is 79.5 Å². The average molecular weight is 823 g/mol. The smallest absolute Gasteiger partial charge is 0.252 e. The first-order chi connectivity index (χ1) is 29.4. The molecule has 0 spiro atoms. The lowest BCUT2D eigenvalue weighted by Crippen LogP contribution is -2.54. The molecule has 1 aliphatic carbocycles. The average Bonchev–Trinajstić information content (AvgIpc) is 3.32. The SMILES string of the molecule is O=C(NC1CCCCC1NC(=O)c1c(P(=O)(c2ccccc2)c2ccccc2)ccc2ccccc12)c1c(P(=O)(c2ccccc2)c2ccccc2)ccc2ccccc12. The zero-order valence-electron chi connectivity index (χ0n) is 33.0. The van der Waals surface area contributed by atoms with E-state index < -0.39 is 26.4 Å². The standard InChI is InChI=1S/C52H44N2O4P2/c55-51(49-43-29-15-13-19-37(43)33-35-47(49)59(57,39-21-5-1-6-22-39)40-23-7-2-8-24-40)53-45-31-17-18-32-46(45)54-52(56)50-44-30-16-14-20-38(44)34-36-48(50)60(58,41-25-9-3-10-26-41)42-27-11-4-12-28-42/h1-16,19-30,33-36,45-46H,17-18,31-32H2,(H,53,55)(H,54,56). The first-order valence-corrected chi connectivity index (χ1v) is 23.9. The quantitative estimate of drug-likeness (QED) is 0.135. The van der Waals surface area contributed by atoms with E-state index >= 15 is 18.7 Å². The van der Waals surface area contributed by atoms with Gasteiger partial charge < -0.3 is 19.8 Å². The van der Waals surface area contributed by atoms with Crippen molar-refractivity contribution in [2.24, 2.45) is 0 Å². The Morgan fingerprint density at radius 3 is 1.02 bits per heavy atom. The molecular formula is C52H44N2O4P2. The fourth-order valence-corrected chi connectivity index (χ4v) is 14.6. The summed E-state index contributed by atoms with van der Waals surface area (Å²) in [6.07, 6.45) is 3.01. The molecular weight excluding hydrogens is 779 g/mol. The van der Waals surface area contributed by atoms with Crippen LogP contribution in [0.4, 0.5) is 0 Å². The summed E-state index contributed by atoms with van der Waals surface area (Å²) in [5.74, 6) is -0.688. The Labute approximate surface area is 350 Å². The lowest BCUT2D eigenvalue weighted by molar-refractivity contribution is 0.0865. The van der Waals surface area contributed by atoms with Crippen LogP contribution < -0.4 is 42.5 Å². The number of nitrogens with one attached hydrogen (secondary N) is 2. The Hall–Kier alpha value is -6.32. The van der Waals surface area contributed by atoms with Crippen LogP contribution in [0.5, 0.6) is 0 Å². The van der Waals surface area contributed by atoms with E-state index in [0.717, 1.165) is 23.6 Å². The van der Waals surface area contributed by atoms with Crippen LogP contribution in [0.2, 0.25) is 0 Å². The van der Waals surface area contributed by atoms with Crippen LogP contribution in [0.15, 0.2) is 194 Å². The number of fused-ring (bicyclic) bond motifs is 2. The van der Waals surface area contributed by atoms with Crippen LogP contribution in [0.1, 0.15) is 46.4 Å². The summed E-state index contributed by atoms with van der Waals surface area (Å²) in [7, 11) is -7.11. The third-order valence-electron chi connectivity index (χ3n) is 11.8. The summed E-state index contributed by atoms with van der Waals surface area (Å²) in [5.41, 5.74) is 0.727. The number of rotatable bonds is 10. The highest BCUT2D eigenvalue weighted by molar-refractivity contribution is 7.86. The van der Waals surface area contributed by atoms with Crippen molar-refractivity contribution in [3.63, 3.8) is 0 Å². The molecule has 2 amide bonds. The maximum atomic E-state index is 15.8. The molecule has 0 saturated heterocycles. The van der Waals surface area contributed by atoms with Crippen molar-refractivity contribution in [2.45, 2.75) is 37.8 Å². The number of benzene rings is 8. The van der Waals surface area contributed by atoms with Crippen LogP contribution in [0.25, 0.3) is 21.5 Å². The van der Waals surface area contributed by atoms with Crippen molar-refractivity contribution in [1.82, 2.24) is 10.6 Å². The van der Waals surface area contributed by atoms with Gasteiger partial charge in [-0.25, -0.2) is 0 Å². The van der Waals surface area contributed by atoms with Gasteiger partial charge in [0.2, 0.25) is 0 Å². The van der Waals surface area contributed by atoms with Crippen molar-refractivity contribution in [1.29, 1.82) is 0 Å². The van der Waals surface area contributed by atoms with E-state index in [1.165, 1.54) is 0 Å². The van der Waals surface area contributed by atoms with Gasteiger partial charge in [0, 0.05) is 43.9 Å². The summed E-state index contributed by atoms with van der Waals surface area (Å²) in [4.78, 5) is 30.1. The van der Waals surface area contributed by atoms with Gasteiger partial charge in [0.05, 0.1) is 11.1 Å². The molecule has 0 heterocycles. The molecule has 296 valence electrons. The number of hydrogen-bond donors (Lipinski definition) is 2. The van der Waals surface area contributed by atoms with E-state index in [4.69, 9.17) is 0 Å². The Bertz CT molecular complexity index is 2650. The second kappa shape index (κ2) is 16.7. The largest absolute Gasteiger partial charge is 0.347 e. The molecule has 1 aliphatic rings. The predicted octanol–water partition coefficient (Wildman–Crippen LogP) is 8.74. The first-order valence-electron chi connectivity index (χ1n) is 20.5. The van der Waals surface area contributed by atoms with Crippen LogP contribution >= 0.6 is 14.3 Å². The van der Waals surface area contributed by atoms with E-state index in [2.05, 4.69) is 10.6 Å². The highest BCUT2D eigenvalue weighted by Gasteiger charge is 2.38. The lowest BCUT2D eigenvalue weighted by atomic mass is 9.89. The zero-order chi connectivity index (χ0) is 41.1. The van der Waals surface area contributed by atoms with Crippen molar-refractivity contribution < 1.29 is 18.7 Å². The molecule has 6 nitrogen and oxygen atoms in total. The molecule has 0 radical (unpaired) electrons. The summed E-state index contributed by atoms with van der Waals surface area (Å²) in [5, 5.41) is 13.3. The molecule has 0 bridgehead atoms. The van der Waals surface area contributed by atoms with Gasteiger partial charge in [-0.05, 0) is 46.5 Å². The van der Waals surface area contributed by atoms with Gasteiger partial charge in [-0.3, -0.25) is 9.59 Å². The van der Waals surface area contributed by atoms with Gasteiger partial charge in [-0.15, -0.1) is 0 Å². The third kappa shape index (κ3) is 7.11. The van der Waals surface area contributed by atoms with Crippen molar-refractivity contribution in [2.75, 3.05) is 0 Å². The number of amides is 2. The summed E-state index contributed by atoms with van der Waals surface area (Å²) < 4.78 is 31.6. The fourth-order valence-electron chi connectivity index (χ4n) is 8.89. The molecule has 1 saturated carbocycles.